The molecule has 0 radical (unpaired) electrons. The molecule has 3 heterocycles. The van der Waals surface area contributed by atoms with Crippen LogP contribution in [0.15, 0.2) is 42.6 Å². The number of rotatable bonds is 4. The Balaban J connectivity index is 1.39. The maximum absolute atomic E-state index is 13.3. The highest BCUT2D eigenvalue weighted by atomic mass is 32.1. The van der Waals surface area contributed by atoms with Gasteiger partial charge < -0.3 is 10.2 Å². The van der Waals surface area contributed by atoms with E-state index >= 15 is 0 Å². The van der Waals surface area contributed by atoms with Crippen molar-refractivity contribution in [3.8, 4) is 0 Å². The molecule has 8 heteroatoms. The average molecular weight is 399 g/mol. The summed E-state index contributed by atoms with van der Waals surface area (Å²) in [6.45, 7) is 5.30. The van der Waals surface area contributed by atoms with Gasteiger partial charge in [0.25, 0.3) is 0 Å². The third kappa shape index (κ3) is 4.13. The van der Waals surface area contributed by atoms with E-state index in [0.717, 1.165) is 43.1 Å². The molecule has 4 rings (SSSR count). The normalized spacial score (nSPS) is 16.7. The lowest BCUT2D eigenvalue weighted by atomic mass is 10.2. The maximum atomic E-state index is 13.3. The van der Waals surface area contributed by atoms with Crippen molar-refractivity contribution in [3.63, 3.8) is 0 Å². The molecule has 0 bridgehead atoms. The smallest absolute Gasteiger partial charge is 0.243 e. The van der Waals surface area contributed by atoms with Gasteiger partial charge in [0.2, 0.25) is 5.91 Å². The number of hydrogen-bond acceptors (Lipinski definition) is 6. The van der Waals surface area contributed by atoms with Crippen LogP contribution >= 0.6 is 11.3 Å². The molecule has 1 amide bonds. The number of anilines is 2. The number of nitrogens with zero attached hydrogens (tertiary/aromatic N) is 4. The molecular formula is C20H22FN5OS. The van der Waals surface area contributed by atoms with Gasteiger partial charge in [-0.2, -0.15) is 0 Å². The summed E-state index contributed by atoms with van der Waals surface area (Å²) in [4.78, 5) is 26.0. The molecule has 0 saturated carbocycles. The minimum atomic E-state index is -0.301. The van der Waals surface area contributed by atoms with Gasteiger partial charge in [-0.15, -0.1) is 0 Å². The van der Waals surface area contributed by atoms with Crippen LogP contribution < -0.4 is 10.2 Å². The highest BCUT2D eigenvalue weighted by molar-refractivity contribution is 7.22. The Morgan fingerprint density at radius 3 is 2.93 bits per heavy atom. The summed E-state index contributed by atoms with van der Waals surface area (Å²) in [5, 5.41) is 3.39. The predicted octanol–water partition coefficient (Wildman–Crippen LogP) is 3.37. The number of halogens is 1. The van der Waals surface area contributed by atoms with Crippen LogP contribution in [0, 0.1) is 5.82 Å². The minimum absolute atomic E-state index is 0.0918. The van der Waals surface area contributed by atoms with Crippen molar-refractivity contribution >= 4 is 38.4 Å². The van der Waals surface area contributed by atoms with Crippen LogP contribution in [-0.4, -0.2) is 53.0 Å². The number of benzene rings is 1. The third-order valence-electron chi connectivity index (χ3n) is 5.01. The Morgan fingerprint density at radius 1 is 1.21 bits per heavy atom. The number of fused-ring (bicyclic) bond motifs is 1. The van der Waals surface area contributed by atoms with Gasteiger partial charge in [0.15, 0.2) is 5.13 Å². The molecule has 1 aromatic carbocycles. The molecule has 146 valence electrons. The van der Waals surface area contributed by atoms with Crippen molar-refractivity contribution < 1.29 is 9.18 Å². The molecular weight excluding hydrogens is 377 g/mol. The SMILES string of the molecule is CC(C(=O)Nc1nc2ccc(F)cc2s1)N1CCCN(c2ccccn2)CC1. The van der Waals surface area contributed by atoms with E-state index in [2.05, 4.69) is 25.1 Å². The molecule has 1 fully saturated rings. The van der Waals surface area contributed by atoms with Crippen LogP contribution in [0.3, 0.4) is 0 Å². The van der Waals surface area contributed by atoms with Crippen molar-refractivity contribution in [2.24, 2.45) is 0 Å². The van der Waals surface area contributed by atoms with E-state index in [9.17, 15) is 9.18 Å². The lowest BCUT2D eigenvalue weighted by Crippen LogP contribution is -2.44. The van der Waals surface area contributed by atoms with Crippen LogP contribution in [0.1, 0.15) is 13.3 Å². The number of carbonyl (C=O) groups excluding carboxylic acids is 1. The molecule has 1 aliphatic heterocycles. The number of hydrogen-bond donors (Lipinski definition) is 1. The zero-order chi connectivity index (χ0) is 19.5. The second-order valence-corrected chi connectivity index (χ2v) is 7.89. The van der Waals surface area contributed by atoms with E-state index in [1.165, 1.54) is 23.5 Å². The Hall–Kier alpha value is -2.58. The molecule has 3 aromatic rings. The summed E-state index contributed by atoms with van der Waals surface area (Å²) in [5.41, 5.74) is 0.690. The van der Waals surface area contributed by atoms with E-state index < -0.39 is 0 Å². The van der Waals surface area contributed by atoms with Crippen LogP contribution in [-0.2, 0) is 4.79 Å². The van der Waals surface area contributed by atoms with Crippen LogP contribution in [0.25, 0.3) is 10.2 Å². The number of aromatic nitrogens is 2. The summed E-state index contributed by atoms with van der Waals surface area (Å²) in [5.74, 6) is 0.582. The van der Waals surface area contributed by atoms with Crippen LogP contribution in [0.2, 0.25) is 0 Å². The first-order valence-electron chi connectivity index (χ1n) is 9.37. The van der Waals surface area contributed by atoms with Gasteiger partial charge in [0.05, 0.1) is 16.3 Å². The van der Waals surface area contributed by atoms with E-state index in [1.54, 1.807) is 12.3 Å². The van der Waals surface area contributed by atoms with Crippen molar-refractivity contribution in [2.75, 3.05) is 36.4 Å². The predicted molar refractivity (Wildman–Crippen MR) is 110 cm³/mol. The van der Waals surface area contributed by atoms with Crippen molar-refractivity contribution in [1.29, 1.82) is 0 Å². The average Bonchev–Trinajstić information content (AvgIpc) is 2.93. The number of amides is 1. The Bertz CT molecular complexity index is 964. The fourth-order valence-electron chi connectivity index (χ4n) is 3.42. The second kappa shape index (κ2) is 8.20. The molecule has 1 unspecified atom stereocenters. The zero-order valence-electron chi connectivity index (χ0n) is 15.6. The molecule has 1 N–H and O–H groups in total. The fourth-order valence-corrected chi connectivity index (χ4v) is 4.32. The van der Waals surface area contributed by atoms with E-state index in [-0.39, 0.29) is 17.8 Å². The van der Waals surface area contributed by atoms with Crippen LogP contribution in [0.5, 0.6) is 0 Å². The van der Waals surface area contributed by atoms with Crippen molar-refractivity contribution in [3.05, 3.63) is 48.4 Å². The second-order valence-electron chi connectivity index (χ2n) is 6.86. The largest absolute Gasteiger partial charge is 0.355 e. The molecule has 0 spiro atoms. The Morgan fingerprint density at radius 2 is 2.11 bits per heavy atom. The summed E-state index contributed by atoms with van der Waals surface area (Å²) < 4.78 is 14.1. The van der Waals surface area contributed by atoms with Gasteiger partial charge in [-0.25, -0.2) is 14.4 Å². The highest BCUT2D eigenvalue weighted by Crippen LogP contribution is 2.26. The lowest BCUT2D eigenvalue weighted by Gasteiger charge is -2.26. The molecule has 1 atom stereocenters. The maximum Gasteiger partial charge on any atom is 0.243 e. The minimum Gasteiger partial charge on any atom is -0.355 e. The van der Waals surface area contributed by atoms with Crippen LogP contribution in [0.4, 0.5) is 15.3 Å². The third-order valence-corrected chi connectivity index (χ3v) is 5.95. The fraction of sp³-hybridized carbons (Fsp3) is 0.350. The standard InChI is InChI=1S/C20H22FN5OS/c1-14(19(27)24-20-23-16-7-6-15(21)13-17(16)28-20)25-9-4-10-26(12-11-25)18-5-2-3-8-22-18/h2-3,5-8,13-14H,4,9-12H2,1H3,(H,23,24,27). The first-order valence-corrected chi connectivity index (χ1v) is 10.2. The number of thiazole rings is 1. The van der Waals surface area contributed by atoms with Crippen molar-refractivity contribution in [1.82, 2.24) is 14.9 Å². The quantitative estimate of drug-likeness (QED) is 0.729. The summed E-state index contributed by atoms with van der Waals surface area (Å²) in [6, 6.07) is 10.1. The number of pyridine rings is 1. The highest BCUT2D eigenvalue weighted by Gasteiger charge is 2.25. The van der Waals surface area contributed by atoms with Gasteiger partial charge in [-0.3, -0.25) is 9.69 Å². The number of carbonyl (C=O) groups is 1. The first-order chi connectivity index (χ1) is 13.6. The lowest BCUT2D eigenvalue weighted by molar-refractivity contribution is -0.120. The monoisotopic (exact) mass is 399 g/mol. The van der Waals surface area contributed by atoms with Gasteiger partial charge in [0, 0.05) is 32.4 Å². The van der Waals surface area contributed by atoms with Crippen molar-refractivity contribution in [2.45, 2.75) is 19.4 Å². The molecule has 2 aromatic heterocycles. The first kappa shape index (κ1) is 18.8. The zero-order valence-corrected chi connectivity index (χ0v) is 16.5. The van der Waals surface area contributed by atoms with Gasteiger partial charge >= 0.3 is 0 Å². The topological polar surface area (TPSA) is 61.4 Å². The molecule has 0 aliphatic carbocycles. The molecule has 28 heavy (non-hydrogen) atoms. The van der Waals surface area contributed by atoms with E-state index in [4.69, 9.17) is 0 Å². The Labute approximate surface area is 167 Å². The summed E-state index contributed by atoms with van der Waals surface area (Å²) in [6.07, 6.45) is 2.77. The van der Waals surface area contributed by atoms with Gasteiger partial charge in [-0.05, 0) is 43.7 Å². The van der Waals surface area contributed by atoms with Gasteiger partial charge in [-0.1, -0.05) is 17.4 Å². The summed E-state index contributed by atoms with van der Waals surface area (Å²) >= 11 is 1.29. The Kier molecular flexibility index (Phi) is 5.50. The molecule has 1 saturated heterocycles. The number of nitrogens with one attached hydrogen (secondary N) is 1. The van der Waals surface area contributed by atoms with Gasteiger partial charge in [0.1, 0.15) is 11.6 Å². The summed E-state index contributed by atoms with van der Waals surface area (Å²) in [7, 11) is 0. The van der Waals surface area contributed by atoms with E-state index in [1.807, 2.05) is 25.1 Å². The van der Waals surface area contributed by atoms with E-state index in [0.29, 0.717) is 10.6 Å². The molecule has 1 aliphatic rings. The molecule has 6 nitrogen and oxygen atoms in total.